The normalized spacial score (nSPS) is 16.9. The number of hydrogen-bond donors (Lipinski definition) is 2. The highest BCUT2D eigenvalue weighted by Gasteiger charge is 2.36. The summed E-state index contributed by atoms with van der Waals surface area (Å²) in [6.07, 6.45) is 0.400. The minimum absolute atomic E-state index is 0.0728. The van der Waals surface area contributed by atoms with E-state index in [0.717, 1.165) is 33.4 Å². The first-order valence-corrected chi connectivity index (χ1v) is 11.0. The first-order chi connectivity index (χ1) is 16.0. The summed E-state index contributed by atoms with van der Waals surface area (Å²) in [5, 5.41) is 20.0. The average molecular weight is 435 g/mol. The highest BCUT2D eigenvalue weighted by atomic mass is 16.4. The van der Waals surface area contributed by atoms with Crippen molar-refractivity contribution in [1.29, 1.82) is 5.26 Å². The Morgan fingerprint density at radius 1 is 1.03 bits per heavy atom. The first kappa shape index (κ1) is 22.1. The summed E-state index contributed by atoms with van der Waals surface area (Å²) in [7, 11) is 0. The van der Waals surface area contributed by atoms with Gasteiger partial charge in [-0.1, -0.05) is 90.5 Å². The van der Waals surface area contributed by atoms with E-state index in [-0.39, 0.29) is 12.3 Å². The summed E-state index contributed by atoms with van der Waals surface area (Å²) >= 11 is 0. The van der Waals surface area contributed by atoms with Crippen LogP contribution in [-0.4, -0.2) is 11.1 Å². The van der Waals surface area contributed by atoms with Crippen molar-refractivity contribution in [3.05, 3.63) is 124 Å². The van der Waals surface area contributed by atoms with E-state index in [1.54, 1.807) is 0 Å². The molecular weight excluding hydrogens is 408 g/mol. The van der Waals surface area contributed by atoms with E-state index in [2.05, 4.69) is 6.07 Å². The van der Waals surface area contributed by atoms with Crippen LogP contribution in [0.1, 0.15) is 46.9 Å². The van der Waals surface area contributed by atoms with Crippen molar-refractivity contribution in [3.63, 3.8) is 0 Å². The summed E-state index contributed by atoms with van der Waals surface area (Å²) in [6, 6.07) is 30.0. The van der Waals surface area contributed by atoms with Gasteiger partial charge in [0.2, 0.25) is 0 Å². The molecule has 0 aromatic heterocycles. The van der Waals surface area contributed by atoms with Gasteiger partial charge in [0, 0.05) is 23.1 Å². The highest BCUT2D eigenvalue weighted by Crippen LogP contribution is 2.50. The van der Waals surface area contributed by atoms with Crippen LogP contribution in [-0.2, 0) is 4.79 Å². The highest BCUT2D eigenvalue weighted by molar-refractivity contribution is 5.89. The van der Waals surface area contributed by atoms with E-state index in [9.17, 15) is 15.2 Å². The molecular formula is C29H26N2O2. The maximum absolute atomic E-state index is 12.0. The molecule has 4 heteroatoms. The maximum Gasteiger partial charge on any atom is 0.304 e. The third kappa shape index (κ3) is 4.58. The molecule has 0 fully saturated rings. The monoisotopic (exact) mass is 434 g/mol. The van der Waals surface area contributed by atoms with Crippen LogP contribution >= 0.6 is 0 Å². The molecule has 4 nitrogen and oxygen atoms in total. The Balaban J connectivity index is 2.07. The molecule has 33 heavy (non-hydrogen) atoms. The van der Waals surface area contributed by atoms with Crippen molar-refractivity contribution >= 4 is 11.5 Å². The zero-order chi connectivity index (χ0) is 23.4. The summed E-state index contributed by atoms with van der Waals surface area (Å²) < 4.78 is 0. The fourth-order valence-corrected chi connectivity index (χ4v) is 4.74. The Morgan fingerprint density at radius 3 is 2.21 bits per heavy atom. The van der Waals surface area contributed by atoms with Gasteiger partial charge in [0.15, 0.2) is 0 Å². The van der Waals surface area contributed by atoms with Crippen molar-refractivity contribution in [2.75, 3.05) is 0 Å². The topological polar surface area (TPSA) is 87.1 Å². The van der Waals surface area contributed by atoms with Crippen molar-refractivity contribution in [1.82, 2.24) is 0 Å². The molecule has 3 N–H and O–H groups in total. The van der Waals surface area contributed by atoms with E-state index >= 15 is 0 Å². The van der Waals surface area contributed by atoms with Gasteiger partial charge in [-0.05, 0) is 35.6 Å². The zero-order valence-electron chi connectivity index (χ0n) is 18.5. The van der Waals surface area contributed by atoms with Crippen LogP contribution in [0.3, 0.4) is 0 Å². The number of nitrogens with two attached hydrogens (primary N) is 1. The van der Waals surface area contributed by atoms with Crippen molar-refractivity contribution in [3.8, 4) is 6.07 Å². The first-order valence-electron chi connectivity index (χ1n) is 11.0. The van der Waals surface area contributed by atoms with E-state index < -0.39 is 11.9 Å². The van der Waals surface area contributed by atoms with Gasteiger partial charge in [0.1, 0.15) is 6.07 Å². The maximum atomic E-state index is 12.0. The number of carboxylic acids is 1. The molecule has 1 aliphatic rings. The summed E-state index contributed by atoms with van der Waals surface area (Å²) in [5.41, 5.74) is 13.1. The Kier molecular flexibility index (Phi) is 6.42. The number of nitrogens with zero attached hydrogens (tertiary/aromatic N) is 1. The molecule has 0 saturated carbocycles. The van der Waals surface area contributed by atoms with Gasteiger partial charge in [-0.2, -0.15) is 5.26 Å². The van der Waals surface area contributed by atoms with Crippen LogP contribution < -0.4 is 5.73 Å². The number of rotatable bonds is 6. The number of benzene rings is 3. The lowest BCUT2D eigenvalue weighted by atomic mass is 9.69. The number of aryl methyl sites for hydroxylation is 1. The van der Waals surface area contributed by atoms with E-state index in [1.165, 1.54) is 0 Å². The van der Waals surface area contributed by atoms with Crippen LogP contribution in [0, 0.1) is 18.3 Å². The van der Waals surface area contributed by atoms with Gasteiger partial charge < -0.3 is 10.8 Å². The van der Waals surface area contributed by atoms with Crippen LogP contribution in [0.4, 0.5) is 0 Å². The van der Waals surface area contributed by atoms with Crippen LogP contribution in [0.2, 0.25) is 0 Å². The fourth-order valence-electron chi connectivity index (χ4n) is 4.74. The number of hydrogen-bond acceptors (Lipinski definition) is 3. The third-order valence-corrected chi connectivity index (χ3v) is 6.27. The van der Waals surface area contributed by atoms with Crippen molar-refractivity contribution < 1.29 is 9.90 Å². The quantitative estimate of drug-likeness (QED) is 0.503. The molecule has 3 aromatic carbocycles. The van der Waals surface area contributed by atoms with Gasteiger partial charge in [-0.25, -0.2) is 0 Å². The van der Waals surface area contributed by atoms with Crippen molar-refractivity contribution in [2.45, 2.75) is 31.6 Å². The second kappa shape index (κ2) is 9.58. The van der Waals surface area contributed by atoms with Gasteiger partial charge in [-0.15, -0.1) is 0 Å². The fraction of sp³-hybridized carbons (Fsp3) is 0.172. The van der Waals surface area contributed by atoms with Gasteiger partial charge in [0.25, 0.3) is 0 Å². The van der Waals surface area contributed by atoms with E-state index in [1.807, 2.05) is 91.9 Å². The second-order valence-electron chi connectivity index (χ2n) is 8.44. The Morgan fingerprint density at radius 2 is 1.64 bits per heavy atom. The molecule has 0 aliphatic heterocycles. The largest absolute Gasteiger partial charge is 0.481 e. The van der Waals surface area contributed by atoms with Gasteiger partial charge in [0.05, 0.1) is 12.0 Å². The molecule has 0 amide bonds. The number of allylic oxidation sites excluding steroid dienone is 4. The third-order valence-electron chi connectivity index (χ3n) is 6.27. The minimum atomic E-state index is -0.882. The Labute approximate surface area is 194 Å². The SMILES string of the molecule is Cc1ccc(C2=C([C@H](CC(=O)O)c3ccccc3)[C@@H](c3ccccc3)CC(N)=C2C#N)cc1. The molecule has 0 unspecified atom stereocenters. The molecule has 0 heterocycles. The molecule has 0 radical (unpaired) electrons. The molecule has 0 bridgehead atoms. The summed E-state index contributed by atoms with van der Waals surface area (Å²) in [6.45, 7) is 2.01. The summed E-state index contributed by atoms with van der Waals surface area (Å²) in [4.78, 5) is 12.0. The van der Waals surface area contributed by atoms with Gasteiger partial charge >= 0.3 is 5.97 Å². The lowest BCUT2D eigenvalue weighted by Crippen LogP contribution is -2.23. The number of carboxylic acid groups (broad SMARTS) is 1. The molecule has 0 spiro atoms. The van der Waals surface area contributed by atoms with Crippen LogP contribution in [0.25, 0.3) is 5.57 Å². The van der Waals surface area contributed by atoms with E-state index in [0.29, 0.717) is 17.7 Å². The standard InChI is InChI=1S/C29H26N2O2/c1-19-12-14-22(15-13-19)28-25(18-30)26(31)16-23(20-8-4-2-5-9-20)29(28)24(17-27(32)33)21-10-6-3-7-11-21/h2-15,23-24H,16-17,31H2,1H3,(H,32,33)/t23-,24-/m1/s1. The smallest absolute Gasteiger partial charge is 0.304 e. The molecule has 0 saturated heterocycles. The Bertz CT molecular complexity index is 1250. The molecule has 4 rings (SSSR count). The second-order valence-corrected chi connectivity index (χ2v) is 8.44. The molecule has 2 atom stereocenters. The molecule has 3 aromatic rings. The van der Waals surface area contributed by atoms with E-state index in [4.69, 9.17) is 5.73 Å². The van der Waals surface area contributed by atoms with Gasteiger partial charge in [-0.3, -0.25) is 4.79 Å². The summed E-state index contributed by atoms with van der Waals surface area (Å²) in [5.74, 6) is -1.42. The Hall–Kier alpha value is -4.10. The number of carbonyl (C=O) groups is 1. The predicted molar refractivity (Wildman–Crippen MR) is 130 cm³/mol. The predicted octanol–water partition coefficient (Wildman–Crippen LogP) is 5.93. The van der Waals surface area contributed by atoms with Crippen LogP contribution in [0.5, 0.6) is 0 Å². The lowest BCUT2D eigenvalue weighted by molar-refractivity contribution is -0.137. The molecule has 164 valence electrons. The lowest BCUT2D eigenvalue weighted by Gasteiger charge is -2.35. The minimum Gasteiger partial charge on any atom is -0.481 e. The number of nitriles is 1. The molecule has 1 aliphatic carbocycles. The van der Waals surface area contributed by atoms with Crippen LogP contribution in [0.15, 0.2) is 102 Å². The average Bonchev–Trinajstić information content (AvgIpc) is 2.83. The van der Waals surface area contributed by atoms with Crippen molar-refractivity contribution in [2.24, 2.45) is 5.73 Å². The zero-order valence-corrected chi connectivity index (χ0v) is 18.5. The number of aliphatic carboxylic acids is 1.